The number of methoxy groups -OCH3 is 1. The summed E-state index contributed by atoms with van der Waals surface area (Å²) in [6.45, 7) is 0.246. The van der Waals surface area contributed by atoms with Crippen molar-refractivity contribution in [1.29, 1.82) is 0 Å². The monoisotopic (exact) mass is 299 g/mol. The molecule has 0 aliphatic heterocycles. The molecule has 1 aromatic carbocycles. The molecule has 1 N–H and O–H groups in total. The van der Waals surface area contributed by atoms with E-state index in [2.05, 4.69) is 20.6 Å². The van der Waals surface area contributed by atoms with E-state index in [-0.39, 0.29) is 18.1 Å². The molecule has 8 nitrogen and oxygen atoms in total. The third-order valence-corrected chi connectivity index (χ3v) is 2.95. The number of carbonyl (C=O) groups excluding carboxylic acids is 1. The molecule has 3 aromatic rings. The van der Waals surface area contributed by atoms with Crippen LogP contribution in [0.5, 0.6) is 5.75 Å². The Kier molecular flexibility index (Phi) is 3.82. The van der Waals surface area contributed by atoms with Gasteiger partial charge in [-0.05, 0) is 12.1 Å². The number of nitrogens with one attached hydrogen (secondary N) is 1. The zero-order valence-electron chi connectivity index (χ0n) is 11.8. The van der Waals surface area contributed by atoms with Crippen molar-refractivity contribution in [2.75, 3.05) is 7.11 Å². The predicted octanol–water partition coefficient (Wildman–Crippen LogP) is 1.19. The number of aromatic nitrogens is 4. The predicted molar refractivity (Wildman–Crippen MR) is 75.6 cm³/mol. The van der Waals surface area contributed by atoms with Crippen molar-refractivity contribution >= 4 is 5.91 Å². The molecule has 0 unspecified atom stereocenters. The fraction of sp³-hybridized carbons (Fsp3) is 0.143. The molecule has 2 heterocycles. The summed E-state index contributed by atoms with van der Waals surface area (Å²) >= 11 is 0. The maximum Gasteiger partial charge on any atom is 0.273 e. The number of oxazole rings is 1. The lowest BCUT2D eigenvalue weighted by Crippen LogP contribution is -2.23. The molecular formula is C14H13N5O3. The van der Waals surface area contributed by atoms with E-state index in [1.54, 1.807) is 18.0 Å². The van der Waals surface area contributed by atoms with Crippen LogP contribution in [0.3, 0.4) is 0 Å². The molecule has 0 atom stereocenters. The molecule has 1 amide bonds. The minimum absolute atomic E-state index is 0.222. The van der Waals surface area contributed by atoms with Crippen LogP contribution >= 0.6 is 0 Å². The van der Waals surface area contributed by atoms with Crippen LogP contribution in [0.4, 0.5) is 0 Å². The molecule has 22 heavy (non-hydrogen) atoms. The summed E-state index contributed by atoms with van der Waals surface area (Å²) in [7, 11) is 1.60. The molecule has 0 saturated heterocycles. The SMILES string of the molecule is COc1cccc(-n2cc(CNC(=O)c3cocn3)nn2)c1. The number of hydrogen-bond acceptors (Lipinski definition) is 6. The summed E-state index contributed by atoms with van der Waals surface area (Å²) in [6.07, 6.45) is 4.22. The lowest BCUT2D eigenvalue weighted by atomic mass is 10.3. The Morgan fingerprint density at radius 1 is 1.45 bits per heavy atom. The first-order valence-electron chi connectivity index (χ1n) is 6.48. The highest BCUT2D eigenvalue weighted by atomic mass is 16.5. The van der Waals surface area contributed by atoms with Gasteiger partial charge in [0.05, 0.1) is 25.5 Å². The molecule has 0 aliphatic carbocycles. The minimum atomic E-state index is -0.329. The summed E-state index contributed by atoms with van der Waals surface area (Å²) in [5.41, 5.74) is 1.67. The van der Waals surface area contributed by atoms with Crippen molar-refractivity contribution in [1.82, 2.24) is 25.3 Å². The number of amides is 1. The first kappa shape index (κ1) is 13.8. The Labute approximate surface area is 125 Å². The average Bonchev–Trinajstić information content (AvgIpc) is 3.24. The van der Waals surface area contributed by atoms with E-state index in [0.717, 1.165) is 11.4 Å². The second kappa shape index (κ2) is 6.08. The second-order valence-electron chi connectivity index (χ2n) is 4.41. The van der Waals surface area contributed by atoms with Crippen molar-refractivity contribution in [3.05, 3.63) is 54.5 Å². The zero-order valence-corrected chi connectivity index (χ0v) is 11.8. The molecular weight excluding hydrogens is 286 g/mol. The van der Waals surface area contributed by atoms with Crippen molar-refractivity contribution in [2.24, 2.45) is 0 Å². The maximum atomic E-state index is 11.7. The molecule has 2 aromatic heterocycles. The Bertz CT molecular complexity index is 766. The Morgan fingerprint density at radius 2 is 2.36 bits per heavy atom. The van der Waals surface area contributed by atoms with E-state index >= 15 is 0 Å². The van der Waals surface area contributed by atoms with E-state index < -0.39 is 0 Å². The van der Waals surface area contributed by atoms with E-state index in [1.165, 1.54) is 12.7 Å². The van der Waals surface area contributed by atoms with Gasteiger partial charge in [-0.3, -0.25) is 4.79 Å². The molecule has 8 heteroatoms. The summed E-state index contributed by atoms with van der Waals surface area (Å²) in [5, 5.41) is 10.7. The third-order valence-electron chi connectivity index (χ3n) is 2.95. The van der Waals surface area contributed by atoms with E-state index in [0.29, 0.717) is 5.69 Å². The number of nitrogens with zero attached hydrogens (tertiary/aromatic N) is 4. The molecule has 0 bridgehead atoms. The topological polar surface area (TPSA) is 95.1 Å². The van der Waals surface area contributed by atoms with Crippen LogP contribution < -0.4 is 10.1 Å². The average molecular weight is 299 g/mol. The number of hydrogen-bond donors (Lipinski definition) is 1. The number of ether oxygens (including phenoxy) is 1. The Balaban J connectivity index is 1.67. The third kappa shape index (κ3) is 2.95. The van der Waals surface area contributed by atoms with Crippen molar-refractivity contribution < 1.29 is 13.9 Å². The van der Waals surface area contributed by atoms with Gasteiger partial charge < -0.3 is 14.5 Å². The first-order chi connectivity index (χ1) is 10.8. The van der Waals surface area contributed by atoms with Crippen LogP contribution in [0, 0.1) is 0 Å². The van der Waals surface area contributed by atoms with Gasteiger partial charge in [0, 0.05) is 6.07 Å². The van der Waals surface area contributed by atoms with Crippen molar-refractivity contribution in [2.45, 2.75) is 6.54 Å². The Morgan fingerprint density at radius 3 is 3.14 bits per heavy atom. The van der Waals surface area contributed by atoms with Crippen LogP contribution in [0.1, 0.15) is 16.2 Å². The minimum Gasteiger partial charge on any atom is -0.497 e. The number of benzene rings is 1. The van der Waals surface area contributed by atoms with Gasteiger partial charge in [0.25, 0.3) is 5.91 Å². The first-order valence-corrected chi connectivity index (χ1v) is 6.48. The summed E-state index contributed by atoms with van der Waals surface area (Å²) in [6, 6.07) is 7.43. The highest BCUT2D eigenvalue weighted by molar-refractivity contribution is 5.91. The molecule has 0 spiro atoms. The molecule has 112 valence electrons. The van der Waals surface area contributed by atoms with Gasteiger partial charge in [-0.2, -0.15) is 0 Å². The fourth-order valence-electron chi connectivity index (χ4n) is 1.84. The molecule has 0 aliphatic rings. The van der Waals surface area contributed by atoms with Crippen LogP contribution in [-0.2, 0) is 6.54 Å². The largest absolute Gasteiger partial charge is 0.497 e. The van der Waals surface area contributed by atoms with Crippen LogP contribution in [-0.4, -0.2) is 33.0 Å². The van der Waals surface area contributed by atoms with Crippen molar-refractivity contribution in [3.63, 3.8) is 0 Å². The normalized spacial score (nSPS) is 10.4. The number of carbonyl (C=O) groups is 1. The van der Waals surface area contributed by atoms with E-state index in [1.807, 2.05) is 24.3 Å². The second-order valence-corrected chi connectivity index (χ2v) is 4.41. The maximum absolute atomic E-state index is 11.7. The van der Waals surface area contributed by atoms with Crippen LogP contribution in [0.2, 0.25) is 0 Å². The summed E-state index contributed by atoms with van der Waals surface area (Å²) in [4.78, 5) is 15.5. The van der Waals surface area contributed by atoms with Gasteiger partial charge in [0.1, 0.15) is 17.7 Å². The van der Waals surface area contributed by atoms with E-state index in [4.69, 9.17) is 9.15 Å². The van der Waals surface area contributed by atoms with E-state index in [9.17, 15) is 4.79 Å². The Hall–Kier alpha value is -3.16. The van der Waals surface area contributed by atoms with Crippen molar-refractivity contribution in [3.8, 4) is 11.4 Å². The highest BCUT2D eigenvalue weighted by Gasteiger charge is 2.10. The van der Waals surface area contributed by atoms with Gasteiger partial charge in [-0.1, -0.05) is 11.3 Å². The van der Waals surface area contributed by atoms with Gasteiger partial charge in [0.2, 0.25) is 0 Å². The van der Waals surface area contributed by atoms with Gasteiger partial charge in [0.15, 0.2) is 12.1 Å². The number of rotatable bonds is 5. The summed E-state index contributed by atoms with van der Waals surface area (Å²) < 4.78 is 11.5. The van der Waals surface area contributed by atoms with Gasteiger partial charge in [-0.15, -0.1) is 5.10 Å². The highest BCUT2D eigenvalue weighted by Crippen LogP contribution is 2.15. The molecule has 0 radical (unpaired) electrons. The van der Waals surface area contributed by atoms with Crippen LogP contribution in [0.15, 0.2) is 47.5 Å². The van der Waals surface area contributed by atoms with Crippen LogP contribution in [0.25, 0.3) is 5.69 Å². The van der Waals surface area contributed by atoms with Gasteiger partial charge in [-0.25, -0.2) is 9.67 Å². The van der Waals surface area contributed by atoms with Gasteiger partial charge >= 0.3 is 0 Å². The smallest absolute Gasteiger partial charge is 0.273 e. The quantitative estimate of drug-likeness (QED) is 0.760. The fourth-order valence-corrected chi connectivity index (χ4v) is 1.84. The molecule has 0 saturated carbocycles. The lowest BCUT2D eigenvalue weighted by molar-refractivity contribution is 0.0945. The summed E-state index contributed by atoms with van der Waals surface area (Å²) in [5.74, 6) is 0.401. The standard InChI is InChI=1S/C14H13N5O3/c1-21-12-4-2-3-11(5-12)19-7-10(17-18-19)6-15-14(20)13-8-22-9-16-13/h2-5,7-9H,6H2,1H3,(H,15,20). The molecule has 3 rings (SSSR count). The lowest BCUT2D eigenvalue weighted by Gasteiger charge is -2.03. The zero-order chi connectivity index (χ0) is 15.4. The molecule has 0 fully saturated rings.